The fraction of sp³-hybridized carbons (Fsp3) is 0.920. The van der Waals surface area contributed by atoms with E-state index in [1.54, 1.807) is 0 Å². The molecule has 2 saturated heterocycles. The van der Waals surface area contributed by atoms with Crippen LogP contribution in [0.1, 0.15) is 200 Å². The average Bonchev–Trinajstić information content (AvgIpc) is 3.30. The summed E-state index contributed by atoms with van der Waals surface area (Å²) in [6.45, 7) is 2.58. The first-order valence-corrected chi connectivity index (χ1v) is 25.8. The zero-order valence-electron chi connectivity index (χ0n) is 40.2. The third kappa shape index (κ3) is 26.5. The lowest BCUT2D eigenvalue weighted by molar-refractivity contribution is -0.332. The number of aliphatic hydroxyl groups is 7. The number of unbranched alkanes of at least 4 members (excludes halogenated alkanes) is 24. The van der Waals surface area contributed by atoms with Crippen LogP contribution in [0.4, 0.5) is 0 Å². The number of esters is 2. The van der Waals surface area contributed by atoms with E-state index >= 15 is 0 Å². The van der Waals surface area contributed by atoms with Gasteiger partial charge in [0, 0.05) is 12.8 Å². The lowest BCUT2D eigenvalue weighted by Gasteiger charge is -2.42. The summed E-state index contributed by atoms with van der Waals surface area (Å²) < 4.78 is 33.6. The number of ether oxygens (including phenoxy) is 6. The molecule has 0 bridgehead atoms. The van der Waals surface area contributed by atoms with E-state index in [9.17, 15) is 45.3 Å². The highest BCUT2D eigenvalue weighted by Gasteiger charge is 2.47. The monoisotopic (exact) mass is 933 g/mol. The van der Waals surface area contributed by atoms with Gasteiger partial charge in [0.05, 0.1) is 19.8 Å². The average molecular weight is 933 g/mol. The van der Waals surface area contributed by atoms with Crippen molar-refractivity contribution in [3.05, 3.63) is 12.2 Å². The highest BCUT2D eigenvalue weighted by atomic mass is 16.7. The van der Waals surface area contributed by atoms with Crippen LogP contribution in [0.15, 0.2) is 12.2 Å². The van der Waals surface area contributed by atoms with Gasteiger partial charge in [0.15, 0.2) is 18.7 Å². The third-order valence-corrected chi connectivity index (χ3v) is 12.5. The van der Waals surface area contributed by atoms with Crippen LogP contribution in [0.25, 0.3) is 0 Å². The largest absolute Gasteiger partial charge is 0.462 e. The number of hydrogen-bond donors (Lipinski definition) is 7. The molecule has 11 atom stereocenters. The second kappa shape index (κ2) is 38.1. The maximum absolute atomic E-state index is 13.0. The van der Waals surface area contributed by atoms with Crippen molar-refractivity contribution in [2.45, 2.75) is 268 Å². The summed E-state index contributed by atoms with van der Waals surface area (Å²) in [5, 5.41) is 72.0. The van der Waals surface area contributed by atoms with Gasteiger partial charge in [-0.25, -0.2) is 0 Å². The molecule has 0 aromatic carbocycles. The van der Waals surface area contributed by atoms with E-state index in [0.717, 1.165) is 38.5 Å². The van der Waals surface area contributed by atoms with Gasteiger partial charge in [0.2, 0.25) is 0 Å². The summed E-state index contributed by atoms with van der Waals surface area (Å²) in [5.74, 6) is -0.918. The van der Waals surface area contributed by atoms with Gasteiger partial charge < -0.3 is 64.2 Å². The number of rotatable bonds is 40. The summed E-state index contributed by atoms with van der Waals surface area (Å²) in [6, 6.07) is 0. The number of carbonyl (C=O) groups excluding carboxylic acids is 2. The second-order valence-electron chi connectivity index (χ2n) is 18.4. The summed E-state index contributed by atoms with van der Waals surface area (Å²) in [7, 11) is 0. The van der Waals surface area contributed by atoms with Gasteiger partial charge in [-0.2, -0.15) is 0 Å². The maximum atomic E-state index is 13.0. The molecule has 382 valence electrons. The molecule has 0 aromatic rings. The van der Waals surface area contributed by atoms with Crippen LogP contribution in [0.5, 0.6) is 0 Å². The van der Waals surface area contributed by atoms with Crippen molar-refractivity contribution < 1.29 is 73.8 Å². The van der Waals surface area contributed by atoms with Crippen LogP contribution in [0, 0.1) is 0 Å². The highest BCUT2D eigenvalue weighted by molar-refractivity contribution is 5.70. The van der Waals surface area contributed by atoms with E-state index in [4.69, 9.17) is 28.4 Å². The number of hydrogen-bond acceptors (Lipinski definition) is 15. The standard InChI is InChI=1S/C50H92O15/c1-3-5-7-9-11-13-15-17-19-21-22-24-26-28-30-32-41(52)60-35-38(63-42(53)33-31-29-27-25-23-20-18-16-14-12-10-8-6-4-2)36-61-49-48(59)46(57)44(55)40(65-49)37-62-50-47(58)45(56)43(54)39(34-51)64-50/h9,11,38-40,43-51,54-59H,3-8,10,12-37H2,1-2H3/b11-9+/t38-,39-,40-,43+,44+,45?,46?,47?,48?,49-,50-/m1/s1. The fourth-order valence-corrected chi connectivity index (χ4v) is 8.20. The molecule has 0 aliphatic carbocycles. The van der Waals surface area contributed by atoms with Crippen LogP contribution in [-0.4, -0.2) is 142 Å². The Morgan fingerprint density at radius 1 is 0.477 bits per heavy atom. The molecule has 4 unspecified atom stereocenters. The van der Waals surface area contributed by atoms with Crippen molar-refractivity contribution in [1.82, 2.24) is 0 Å². The molecule has 0 amide bonds. The van der Waals surface area contributed by atoms with E-state index in [1.165, 1.54) is 122 Å². The molecule has 0 radical (unpaired) electrons. The second-order valence-corrected chi connectivity index (χ2v) is 18.4. The van der Waals surface area contributed by atoms with Crippen molar-refractivity contribution in [3.63, 3.8) is 0 Å². The lowest BCUT2D eigenvalue weighted by atomic mass is 9.98. The minimum absolute atomic E-state index is 0.170. The zero-order chi connectivity index (χ0) is 47.5. The molecule has 0 spiro atoms. The molecule has 0 saturated carbocycles. The fourth-order valence-electron chi connectivity index (χ4n) is 8.20. The van der Waals surface area contributed by atoms with E-state index < -0.39 is 92.7 Å². The van der Waals surface area contributed by atoms with Crippen LogP contribution in [-0.2, 0) is 38.0 Å². The molecule has 2 fully saturated rings. The van der Waals surface area contributed by atoms with Crippen molar-refractivity contribution in [1.29, 1.82) is 0 Å². The molecule has 2 heterocycles. The third-order valence-electron chi connectivity index (χ3n) is 12.5. The predicted octanol–water partition coefficient (Wildman–Crippen LogP) is 6.99. The minimum Gasteiger partial charge on any atom is -0.462 e. The Hall–Kier alpha value is -1.76. The first-order chi connectivity index (χ1) is 31.5. The lowest BCUT2D eigenvalue weighted by Crippen LogP contribution is -2.61. The van der Waals surface area contributed by atoms with Gasteiger partial charge in [0.25, 0.3) is 0 Å². The van der Waals surface area contributed by atoms with Crippen molar-refractivity contribution in [3.8, 4) is 0 Å². The van der Waals surface area contributed by atoms with Gasteiger partial charge in [0.1, 0.15) is 55.4 Å². The molecular weight excluding hydrogens is 841 g/mol. The normalized spacial score (nSPS) is 26.4. The zero-order valence-corrected chi connectivity index (χ0v) is 40.2. The SMILES string of the molecule is CCCC/C=C/CCCCCCCCCCCC(=O)OC[C@H](CO[C@@H]1O[C@H](CO[C@@H]2O[C@H](CO)[C@H](O)C(O)C2O)[C@H](O)C(O)C1O)OC(=O)CCCCCCCCCCCCCCCC. The predicted molar refractivity (Wildman–Crippen MR) is 248 cm³/mol. The van der Waals surface area contributed by atoms with Crippen LogP contribution >= 0.6 is 0 Å². The molecule has 2 aliphatic heterocycles. The molecule has 0 aromatic heterocycles. The quantitative estimate of drug-likeness (QED) is 0.0187. The van der Waals surface area contributed by atoms with E-state index in [2.05, 4.69) is 26.0 Å². The first kappa shape index (κ1) is 59.4. The summed E-state index contributed by atoms with van der Waals surface area (Å²) in [6.07, 6.45) is 19.5. The molecule has 2 aliphatic rings. The molecule has 15 heteroatoms. The molecule has 15 nitrogen and oxygen atoms in total. The number of carbonyl (C=O) groups is 2. The molecular formula is C50H92O15. The van der Waals surface area contributed by atoms with E-state index in [1.807, 2.05) is 0 Å². The summed E-state index contributed by atoms with van der Waals surface area (Å²) in [5.41, 5.74) is 0. The van der Waals surface area contributed by atoms with Gasteiger partial charge in [-0.15, -0.1) is 0 Å². The highest BCUT2D eigenvalue weighted by Crippen LogP contribution is 2.26. The Labute approximate surface area is 390 Å². The Kier molecular flexibility index (Phi) is 34.8. The van der Waals surface area contributed by atoms with Gasteiger partial charge in [-0.1, -0.05) is 167 Å². The summed E-state index contributed by atoms with van der Waals surface area (Å²) >= 11 is 0. The van der Waals surface area contributed by atoms with E-state index in [0.29, 0.717) is 12.8 Å². The molecule has 2 rings (SSSR count). The first-order valence-electron chi connectivity index (χ1n) is 25.8. The van der Waals surface area contributed by atoms with Crippen LogP contribution in [0.2, 0.25) is 0 Å². The minimum atomic E-state index is -1.76. The maximum Gasteiger partial charge on any atom is 0.306 e. The van der Waals surface area contributed by atoms with Crippen LogP contribution in [0.3, 0.4) is 0 Å². The number of allylic oxidation sites excluding steroid dienone is 2. The van der Waals surface area contributed by atoms with Gasteiger partial charge >= 0.3 is 11.9 Å². The van der Waals surface area contributed by atoms with Crippen molar-refractivity contribution >= 4 is 11.9 Å². The smallest absolute Gasteiger partial charge is 0.306 e. The Bertz CT molecular complexity index is 1190. The van der Waals surface area contributed by atoms with Crippen molar-refractivity contribution in [2.75, 3.05) is 26.4 Å². The van der Waals surface area contributed by atoms with Gasteiger partial charge in [-0.05, 0) is 32.1 Å². The Balaban J connectivity index is 1.81. The Morgan fingerprint density at radius 3 is 1.40 bits per heavy atom. The van der Waals surface area contributed by atoms with E-state index in [-0.39, 0.29) is 26.1 Å². The molecule has 7 N–H and O–H groups in total. The Morgan fingerprint density at radius 2 is 0.892 bits per heavy atom. The molecule has 65 heavy (non-hydrogen) atoms. The van der Waals surface area contributed by atoms with Crippen LogP contribution < -0.4 is 0 Å². The summed E-state index contributed by atoms with van der Waals surface area (Å²) in [4.78, 5) is 25.7. The number of aliphatic hydroxyl groups excluding tert-OH is 7. The topological polar surface area (TPSA) is 231 Å². The van der Waals surface area contributed by atoms with Crippen molar-refractivity contribution in [2.24, 2.45) is 0 Å². The van der Waals surface area contributed by atoms with Gasteiger partial charge in [-0.3, -0.25) is 9.59 Å².